The molecule has 8 heteroatoms. The summed E-state index contributed by atoms with van der Waals surface area (Å²) in [4.78, 5) is 12.8. The van der Waals surface area contributed by atoms with Crippen LogP contribution < -0.4 is 5.73 Å². The van der Waals surface area contributed by atoms with Crippen molar-refractivity contribution in [3.63, 3.8) is 0 Å². The molecule has 122 valence electrons. The highest BCUT2D eigenvalue weighted by atomic mass is 35.5. The summed E-state index contributed by atoms with van der Waals surface area (Å²) >= 11 is 5.98. The van der Waals surface area contributed by atoms with E-state index in [1.54, 1.807) is 7.05 Å². The number of carbonyl (C=O) groups is 1. The standard InChI is InChI=1S/C17H9ClFN5O/c1-24-14(7-21)10-5-13(22)15(11(6-20)16(10)23-24)17(25)9-4-8(19)2-3-12(9)18/h2-5H,22H2,1H3. The van der Waals surface area contributed by atoms with Crippen molar-refractivity contribution >= 4 is 34.0 Å². The van der Waals surface area contributed by atoms with E-state index in [2.05, 4.69) is 5.10 Å². The van der Waals surface area contributed by atoms with Crippen LogP contribution in [0.25, 0.3) is 10.9 Å². The second-order valence-electron chi connectivity index (χ2n) is 5.26. The fourth-order valence-corrected chi connectivity index (χ4v) is 2.85. The highest BCUT2D eigenvalue weighted by Crippen LogP contribution is 2.32. The van der Waals surface area contributed by atoms with E-state index in [9.17, 15) is 19.7 Å². The molecule has 0 radical (unpaired) electrons. The molecule has 0 saturated carbocycles. The Kier molecular flexibility index (Phi) is 3.88. The molecule has 1 aromatic heterocycles. The van der Waals surface area contributed by atoms with Gasteiger partial charge in [0.25, 0.3) is 0 Å². The zero-order chi connectivity index (χ0) is 18.3. The molecule has 0 spiro atoms. The van der Waals surface area contributed by atoms with Crippen LogP contribution in [0.5, 0.6) is 0 Å². The monoisotopic (exact) mass is 353 g/mol. The molecule has 0 aliphatic carbocycles. The number of aryl methyl sites for hydroxylation is 1. The van der Waals surface area contributed by atoms with E-state index in [1.165, 1.54) is 16.8 Å². The van der Waals surface area contributed by atoms with Gasteiger partial charge in [0.15, 0.2) is 5.78 Å². The molecular weight excluding hydrogens is 345 g/mol. The molecule has 25 heavy (non-hydrogen) atoms. The molecule has 3 rings (SSSR count). The Morgan fingerprint density at radius 1 is 1.32 bits per heavy atom. The van der Waals surface area contributed by atoms with Gasteiger partial charge in [-0.25, -0.2) is 4.39 Å². The summed E-state index contributed by atoms with van der Waals surface area (Å²) in [5.74, 6) is -1.33. The number of hydrogen-bond acceptors (Lipinski definition) is 5. The Labute approximate surface area is 146 Å². The quantitative estimate of drug-likeness (QED) is 0.562. The molecule has 1 heterocycles. The van der Waals surface area contributed by atoms with Crippen LogP contribution in [-0.2, 0) is 7.05 Å². The topological polar surface area (TPSA) is 108 Å². The average molecular weight is 354 g/mol. The van der Waals surface area contributed by atoms with E-state index in [0.29, 0.717) is 5.39 Å². The molecule has 0 bridgehead atoms. The van der Waals surface area contributed by atoms with Gasteiger partial charge in [-0.1, -0.05) is 11.6 Å². The van der Waals surface area contributed by atoms with E-state index >= 15 is 0 Å². The van der Waals surface area contributed by atoms with Crippen LogP contribution >= 0.6 is 11.6 Å². The second kappa shape index (κ2) is 5.90. The Morgan fingerprint density at radius 3 is 2.68 bits per heavy atom. The SMILES string of the molecule is Cn1nc2c(C#N)c(C(=O)c3cc(F)ccc3Cl)c(N)cc2c1C#N. The van der Waals surface area contributed by atoms with E-state index in [0.717, 1.165) is 12.1 Å². The Morgan fingerprint density at radius 2 is 2.04 bits per heavy atom. The van der Waals surface area contributed by atoms with Crippen molar-refractivity contribution in [3.8, 4) is 12.1 Å². The van der Waals surface area contributed by atoms with Crippen LogP contribution in [-0.4, -0.2) is 15.6 Å². The number of anilines is 1. The molecule has 0 aliphatic heterocycles. The Hall–Kier alpha value is -3.42. The van der Waals surface area contributed by atoms with Gasteiger partial charge < -0.3 is 5.73 Å². The number of rotatable bonds is 2. The lowest BCUT2D eigenvalue weighted by atomic mass is 9.94. The molecule has 0 aliphatic rings. The van der Waals surface area contributed by atoms with Crippen LogP contribution in [0.1, 0.15) is 27.2 Å². The molecule has 2 N–H and O–H groups in total. The van der Waals surface area contributed by atoms with Crippen LogP contribution in [0.3, 0.4) is 0 Å². The van der Waals surface area contributed by atoms with Gasteiger partial charge in [0.05, 0.1) is 16.1 Å². The van der Waals surface area contributed by atoms with Crippen LogP contribution in [0.15, 0.2) is 24.3 Å². The molecule has 0 fully saturated rings. The predicted octanol–water partition coefficient (Wildman–Crippen LogP) is 2.92. The Balaban J connectivity index is 2.36. The van der Waals surface area contributed by atoms with Gasteiger partial charge in [0, 0.05) is 23.7 Å². The number of nitrogens with zero attached hydrogens (tertiary/aromatic N) is 4. The largest absolute Gasteiger partial charge is 0.398 e. The van der Waals surface area contributed by atoms with Crippen molar-refractivity contribution in [1.82, 2.24) is 9.78 Å². The minimum atomic E-state index is -0.690. The fraction of sp³-hybridized carbons (Fsp3) is 0.0588. The summed E-state index contributed by atoms with van der Waals surface area (Å²) in [6.45, 7) is 0. The van der Waals surface area contributed by atoms with Crippen molar-refractivity contribution in [1.29, 1.82) is 10.5 Å². The number of aromatic nitrogens is 2. The Bertz CT molecular complexity index is 1140. The van der Waals surface area contributed by atoms with Crippen molar-refractivity contribution in [3.05, 3.63) is 57.5 Å². The first kappa shape index (κ1) is 16.4. The van der Waals surface area contributed by atoms with Gasteiger partial charge >= 0.3 is 0 Å². The fourth-order valence-electron chi connectivity index (χ4n) is 2.64. The number of ketones is 1. The number of hydrogen-bond donors (Lipinski definition) is 1. The molecular formula is C17H9ClFN5O. The number of halogens is 2. The highest BCUT2D eigenvalue weighted by Gasteiger charge is 2.25. The van der Waals surface area contributed by atoms with Gasteiger partial charge in [0.2, 0.25) is 0 Å². The first-order valence-electron chi connectivity index (χ1n) is 6.98. The van der Waals surface area contributed by atoms with E-state index < -0.39 is 11.6 Å². The summed E-state index contributed by atoms with van der Waals surface area (Å²) in [6, 6.07) is 8.63. The van der Waals surface area contributed by atoms with E-state index in [4.69, 9.17) is 17.3 Å². The first-order valence-corrected chi connectivity index (χ1v) is 7.36. The van der Waals surface area contributed by atoms with Gasteiger partial charge in [-0.2, -0.15) is 15.6 Å². The predicted molar refractivity (Wildman–Crippen MR) is 89.4 cm³/mol. The van der Waals surface area contributed by atoms with Gasteiger partial charge in [0.1, 0.15) is 29.2 Å². The van der Waals surface area contributed by atoms with Crippen molar-refractivity contribution in [2.75, 3.05) is 5.73 Å². The van der Waals surface area contributed by atoms with Gasteiger partial charge in [-0.15, -0.1) is 0 Å². The van der Waals surface area contributed by atoms with Crippen LogP contribution in [0.4, 0.5) is 10.1 Å². The van der Waals surface area contributed by atoms with Crippen molar-refractivity contribution in [2.45, 2.75) is 0 Å². The van der Waals surface area contributed by atoms with Gasteiger partial charge in [-0.05, 0) is 24.3 Å². The minimum Gasteiger partial charge on any atom is -0.398 e. The summed E-state index contributed by atoms with van der Waals surface area (Å²) in [6.07, 6.45) is 0. The molecule has 6 nitrogen and oxygen atoms in total. The first-order chi connectivity index (χ1) is 11.9. The third-order valence-electron chi connectivity index (χ3n) is 3.78. The maximum absolute atomic E-state index is 13.5. The summed E-state index contributed by atoms with van der Waals surface area (Å²) in [5.41, 5.74) is 6.02. The zero-order valence-electron chi connectivity index (χ0n) is 12.8. The second-order valence-corrected chi connectivity index (χ2v) is 5.67. The molecule has 0 atom stereocenters. The number of carbonyl (C=O) groups excluding carboxylic acids is 1. The van der Waals surface area contributed by atoms with Crippen molar-refractivity contribution in [2.24, 2.45) is 7.05 Å². The summed E-state index contributed by atoms with van der Waals surface area (Å²) in [7, 11) is 1.54. The van der Waals surface area contributed by atoms with Crippen molar-refractivity contribution < 1.29 is 9.18 Å². The molecule has 0 amide bonds. The third-order valence-corrected chi connectivity index (χ3v) is 4.11. The number of nitrogens with two attached hydrogens (primary N) is 1. The lowest BCUT2D eigenvalue weighted by Crippen LogP contribution is -2.10. The highest BCUT2D eigenvalue weighted by molar-refractivity contribution is 6.35. The maximum Gasteiger partial charge on any atom is 0.198 e. The van der Waals surface area contributed by atoms with E-state index in [-0.39, 0.29) is 38.6 Å². The molecule has 0 saturated heterocycles. The molecule has 0 unspecified atom stereocenters. The summed E-state index contributed by atoms with van der Waals surface area (Å²) < 4.78 is 14.8. The smallest absolute Gasteiger partial charge is 0.198 e. The van der Waals surface area contributed by atoms with Gasteiger partial charge in [-0.3, -0.25) is 9.48 Å². The lowest BCUT2D eigenvalue weighted by molar-refractivity contribution is 0.103. The summed E-state index contributed by atoms with van der Waals surface area (Å²) in [5, 5.41) is 23.3. The lowest BCUT2D eigenvalue weighted by Gasteiger charge is -2.09. The van der Waals surface area contributed by atoms with Crippen LogP contribution in [0, 0.1) is 28.5 Å². The molecule has 2 aromatic carbocycles. The average Bonchev–Trinajstić information content (AvgIpc) is 2.89. The number of nitriles is 2. The van der Waals surface area contributed by atoms with E-state index in [1.807, 2.05) is 12.1 Å². The molecule has 3 aromatic rings. The number of benzene rings is 2. The zero-order valence-corrected chi connectivity index (χ0v) is 13.6. The third kappa shape index (κ3) is 2.47. The number of nitrogen functional groups attached to an aromatic ring is 1. The number of fused-ring (bicyclic) bond motifs is 1. The normalized spacial score (nSPS) is 10.4. The maximum atomic E-state index is 13.5. The van der Waals surface area contributed by atoms with Crippen LogP contribution in [0.2, 0.25) is 5.02 Å². The minimum absolute atomic E-state index is 0.0149.